The molecule has 4 aliphatic carbocycles. The lowest BCUT2D eigenvalue weighted by molar-refractivity contribution is -0.137. The van der Waals surface area contributed by atoms with E-state index in [-0.39, 0.29) is 41.2 Å². The van der Waals surface area contributed by atoms with Gasteiger partial charge in [-0.3, -0.25) is 14.6 Å². The van der Waals surface area contributed by atoms with Crippen molar-refractivity contribution in [3.63, 3.8) is 0 Å². The second-order valence-electron chi connectivity index (χ2n) is 15.4. The standard InChI is InChI=1S/C38H41F3N8O5S/c1-2-54-32-14-28(19-42-21-32)29-20-43-49(22-29)31-13-27(12-30(15-31)38(39,40)41)36(51)48-7-5-47(6-8-48)34-4-3-33(44-45-34)35(50)46-55(52,53)23-37-16-24-9-25(17-37)11-26(10-24)18-37/h3-4,12-15,19-22,24-26H,2,5-11,16-18,23H2,1H3,(H,46,50). The van der Waals surface area contributed by atoms with Crippen molar-refractivity contribution in [2.75, 3.05) is 43.4 Å². The predicted octanol–water partition coefficient (Wildman–Crippen LogP) is 5.38. The molecular formula is C38H41F3N8O5S. The molecule has 5 fully saturated rings. The zero-order valence-corrected chi connectivity index (χ0v) is 31.0. The largest absolute Gasteiger partial charge is 0.492 e. The van der Waals surface area contributed by atoms with E-state index >= 15 is 0 Å². The van der Waals surface area contributed by atoms with Gasteiger partial charge in [0.1, 0.15) is 5.75 Å². The van der Waals surface area contributed by atoms with E-state index in [1.165, 1.54) is 47.2 Å². The molecule has 9 rings (SSSR count). The van der Waals surface area contributed by atoms with E-state index in [1.54, 1.807) is 30.7 Å². The summed E-state index contributed by atoms with van der Waals surface area (Å²) in [7, 11) is -3.89. The highest BCUT2D eigenvalue weighted by atomic mass is 32.2. The summed E-state index contributed by atoms with van der Waals surface area (Å²) >= 11 is 0. The van der Waals surface area contributed by atoms with Crippen LogP contribution in [0.25, 0.3) is 16.8 Å². The van der Waals surface area contributed by atoms with Crippen LogP contribution < -0.4 is 14.4 Å². The molecule has 1 aromatic carbocycles. The van der Waals surface area contributed by atoms with Gasteiger partial charge in [0.05, 0.1) is 36.0 Å². The molecular weight excluding hydrogens is 738 g/mol. The number of halogens is 3. The second-order valence-corrected chi connectivity index (χ2v) is 17.2. The van der Waals surface area contributed by atoms with Crippen molar-refractivity contribution in [2.45, 2.75) is 51.6 Å². The Kier molecular flexibility index (Phi) is 9.54. The number of nitrogens with one attached hydrogen (secondary N) is 1. The van der Waals surface area contributed by atoms with Crippen molar-refractivity contribution in [3.8, 4) is 22.6 Å². The molecule has 0 spiro atoms. The quantitative estimate of drug-likeness (QED) is 0.222. The molecule has 0 atom stereocenters. The molecule has 55 heavy (non-hydrogen) atoms. The molecule has 1 aliphatic heterocycles. The normalized spacial score (nSPS) is 23.5. The van der Waals surface area contributed by atoms with Gasteiger partial charge >= 0.3 is 6.18 Å². The Balaban J connectivity index is 0.903. The van der Waals surface area contributed by atoms with Crippen molar-refractivity contribution in [2.24, 2.45) is 23.2 Å². The first-order chi connectivity index (χ1) is 26.2. The van der Waals surface area contributed by atoms with Gasteiger partial charge in [-0.15, -0.1) is 10.2 Å². The fourth-order valence-electron chi connectivity index (χ4n) is 9.50. The molecule has 4 bridgehead atoms. The van der Waals surface area contributed by atoms with Crippen LogP contribution in [-0.2, 0) is 16.2 Å². The zero-order chi connectivity index (χ0) is 38.5. The van der Waals surface area contributed by atoms with Gasteiger partial charge in [0.15, 0.2) is 11.5 Å². The average molecular weight is 779 g/mol. The summed E-state index contributed by atoms with van der Waals surface area (Å²) in [6.07, 6.45) is 7.78. The maximum atomic E-state index is 14.1. The number of pyridine rings is 1. The minimum absolute atomic E-state index is 0.0576. The number of hydrogen-bond acceptors (Lipinski definition) is 10. The highest BCUT2D eigenvalue weighted by Crippen LogP contribution is 2.60. The number of benzene rings is 1. The van der Waals surface area contributed by atoms with Crippen molar-refractivity contribution in [1.29, 1.82) is 0 Å². The molecule has 17 heteroatoms. The number of carbonyl (C=O) groups is 2. The van der Waals surface area contributed by atoms with Gasteiger partial charge in [-0.05, 0) is 105 Å². The number of nitrogens with zero attached hydrogens (tertiary/aromatic N) is 7. The van der Waals surface area contributed by atoms with E-state index in [0.717, 1.165) is 31.4 Å². The Hall–Kier alpha value is -5.06. The third kappa shape index (κ3) is 7.89. The summed E-state index contributed by atoms with van der Waals surface area (Å²) in [4.78, 5) is 34.1. The number of piperazine rings is 1. The molecule has 290 valence electrons. The van der Waals surface area contributed by atoms with Crippen molar-refractivity contribution in [1.82, 2.24) is 34.6 Å². The molecule has 1 N–H and O–H groups in total. The van der Waals surface area contributed by atoms with Gasteiger partial charge in [-0.2, -0.15) is 18.3 Å². The molecule has 4 aromatic rings. The van der Waals surface area contributed by atoms with Gasteiger partial charge < -0.3 is 14.5 Å². The van der Waals surface area contributed by atoms with Crippen LogP contribution in [0.4, 0.5) is 19.0 Å². The number of hydrogen-bond donors (Lipinski definition) is 1. The van der Waals surface area contributed by atoms with Crippen LogP contribution in [0.3, 0.4) is 0 Å². The Labute approximate surface area is 316 Å². The van der Waals surface area contributed by atoms with E-state index < -0.39 is 33.6 Å². The van der Waals surface area contributed by atoms with Gasteiger partial charge in [0.2, 0.25) is 10.0 Å². The fourth-order valence-corrected chi connectivity index (χ4v) is 11.1. The smallest absolute Gasteiger partial charge is 0.416 e. The van der Waals surface area contributed by atoms with Crippen LogP contribution in [0.1, 0.15) is 71.9 Å². The number of sulfonamides is 1. The minimum atomic E-state index is -4.71. The number of ether oxygens (including phenoxy) is 1. The first-order valence-electron chi connectivity index (χ1n) is 18.5. The fraction of sp³-hybridized carbons (Fsp3) is 0.474. The molecule has 4 heterocycles. The number of alkyl halides is 3. The number of carbonyl (C=O) groups excluding carboxylic acids is 2. The highest BCUT2D eigenvalue weighted by Gasteiger charge is 2.52. The van der Waals surface area contributed by atoms with Gasteiger partial charge in [0.25, 0.3) is 11.8 Å². The van der Waals surface area contributed by atoms with E-state index in [0.29, 0.717) is 60.1 Å². The molecule has 3 aromatic heterocycles. The molecule has 5 aliphatic rings. The van der Waals surface area contributed by atoms with Crippen LogP contribution >= 0.6 is 0 Å². The van der Waals surface area contributed by atoms with Crippen molar-refractivity contribution in [3.05, 3.63) is 78.0 Å². The van der Waals surface area contributed by atoms with Crippen LogP contribution in [0.5, 0.6) is 5.75 Å². The lowest BCUT2D eigenvalue weighted by Crippen LogP contribution is -2.51. The first-order valence-corrected chi connectivity index (χ1v) is 20.2. The van der Waals surface area contributed by atoms with Crippen molar-refractivity contribution >= 4 is 27.7 Å². The monoisotopic (exact) mass is 778 g/mol. The van der Waals surface area contributed by atoms with Gasteiger partial charge in [-0.1, -0.05) is 0 Å². The first kappa shape index (κ1) is 36.9. The van der Waals surface area contributed by atoms with Gasteiger partial charge in [0, 0.05) is 55.3 Å². The minimum Gasteiger partial charge on any atom is -0.492 e. The summed E-state index contributed by atoms with van der Waals surface area (Å²) in [5, 5.41) is 12.4. The Morgan fingerprint density at radius 1 is 0.909 bits per heavy atom. The van der Waals surface area contributed by atoms with E-state index in [1.807, 2.05) is 11.8 Å². The molecule has 13 nitrogen and oxygen atoms in total. The number of anilines is 1. The maximum Gasteiger partial charge on any atom is 0.416 e. The Morgan fingerprint density at radius 3 is 2.25 bits per heavy atom. The molecule has 4 saturated carbocycles. The molecule has 2 amide bonds. The van der Waals surface area contributed by atoms with Crippen LogP contribution in [0.2, 0.25) is 0 Å². The SMILES string of the molecule is CCOc1cncc(-c2cnn(-c3cc(C(=O)N4CCN(c5ccc(C(=O)NS(=O)(=O)CC67CC8CC(CC(C8)C6)C7)nn5)CC4)cc(C(F)(F)F)c3)c2)c1. The second kappa shape index (κ2) is 14.2. The summed E-state index contributed by atoms with van der Waals surface area (Å²) in [5.41, 5.74) is -0.180. The van der Waals surface area contributed by atoms with Crippen molar-refractivity contribution < 1.29 is 35.9 Å². The van der Waals surface area contributed by atoms with E-state index in [4.69, 9.17) is 4.74 Å². The highest BCUT2D eigenvalue weighted by molar-refractivity contribution is 7.90. The van der Waals surface area contributed by atoms with E-state index in [2.05, 4.69) is 25.0 Å². The number of amides is 2. The Bertz CT molecular complexity index is 2170. The third-order valence-corrected chi connectivity index (χ3v) is 12.9. The number of rotatable bonds is 10. The van der Waals surface area contributed by atoms with Crippen LogP contribution in [0, 0.1) is 23.2 Å². The summed E-state index contributed by atoms with van der Waals surface area (Å²) in [5.74, 6) is 1.25. The number of aromatic nitrogens is 5. The molecule has 0 radical (unpaired) electrons. The maximum absolute atomic E-state index is 14.1. The zero-order valence-electron chi connectivity index (χ0n) is 30.2. The van der Waals surface area contributed by atoms with Crippen LogP contribution in [0.15, 0.2) is 61.2 Å². The summed E-state index contributed by atoms with van der Waals surface area (Å²) in [6, 6.07) is 7.90. The topological polar surface area (TPSA) is 153 Å². The van der Waals surface area contributed by atoms with Gasteiger partial charge in [-0.25, -0.2) is 17.8 Å². The summed E-state index contributed by atoms with van der Waals surface area (Å²) < 4.78 is 77.5. The summed E-state index contributed by atoms with van der Waals surface area (Å²) in [6.45, 7) is 3.26. The molecule has 0 unspecified atom stereocenters. The van der Waals surface area contributed by atoms with Crippen LogP contribution in [-0.4, -0.2) is 88.6 Å². The van der Waals surface area contributed by atoms with E-state index in [9.17, 15) is 31.2 Å². The Morgan fingerprint density at radius 2 is 1.62 bits per heavy atom. The predicted molar refractivity (Wildman–Crippen MR) is 195 cm³/mol. The molecule has 1 saturated heterocycles. The average Bonchev–Trinajstić information content (AvgIpc) is 3.64. The lowest BCUT2D eigenvalue weighted by atomic mass is 9.50. The third-order valence-electron chi connectivity index (χ3n) is 11.4. The lowest BCUT2D eigenvalue weighted by Gasteiger charge is -2.56.